The first-order valence-corrected chi connectivity index (χ1v) is 8.59. The van der Waals surface area contributed by atoms with E-state index >= 15 is 0 Å². The minimum atomic E-state index is -4.40. The lowest BCUT2D eigenvalue weighted by atomic mass is 10.1. The van der Waals surface area contributed by atoms with Crippen LogP contribution in [0.1, 0.15) is 24.1 Å². The van der Waals surface area contributed by atoms with E-state index in [1.54, 1.807) is 24.4 Å². The van der Waals surface area contributed by atoms with E-state index in [9.17, 15) is 18.0 Å². The number of anilines is 1. The van der Waals surface area contributed by atoms with E-state index in [0.717, 1.165) is 25.1 Å². The highest BCUT2D eigenvalue weighted by Crippen LogP contribution is 2.29. The summed E-state index contributed by atoms with van der Waals surface area (Å²) >= 11 is 0. The van der Waals surface area contributed by atoms with Gasteiger partial charge in [0.25, 0.3) is 0 Å². The molecule has 27 heavy (non-hydrogen) atoms. The Kier molecular flexibility index (Phi) is 5.73. The van der Waals surface area contributed by atoms with Crippen molar-refractivity contribution in [3.05, 3.63) is 60.1 Å². The van der Waals surface area contributed by atoms with E-state index in [1.165, 1.54) is 12.1 Å². The standard InChI is InChI=1S/C19H19F3N4O/c20-19(21,22)14-6-8-17(24-12-14)26-11-3-5-16(13-26)25-18(27)9-7-15-4-1-2-10-23-15/h1-2,4,6-10,12,16H,3,5,11,13H2,(H,25,27)/b9-7+. The van der Waals surface area contributed by atoms with Gasteiger partial charge in [0.2, 0.25) is 5.91 Å². The van der Waals surface area contributed by atoms with Gasteiger partial charge >= 0.3 is 6.18 Å². The summed E-state index contributed by atoms with van der Waals surface area (Å²) in [5.74, 6) is 0.249. The maximum Gasteiger partial charge on any atom is 0.417 e. The number of aromatic nitrogens is 2. The van der Waals surface area contributed by atoms with Crippen LogP contribution in [-0.4, -0.2) is 35.0 Å². The minimum Gasteiger partial charge on any atom is -0.355 e. The summed E-state index contributed by atoms with van der Waals surface area (Å²) in [5.41, 5.74) is -0.0837. The summed E-state index contributed by atoms with van der Waals surface area (Å²) in [5, 5.41) is 2.92. The van der Waals surface area contributed by atoms with Crippen molar-refractivity contribution >= 4 is 17.8 Å². The first kappa shape index (κ1) is 18.9. The number of pyridine rings is 2. The zero-order valence-electron chi connectivity index (χ0n) is 14.5. The normalized spacial score (nSPS) is 17.9. The molecule has 142 valence electrons. The number of nitrogens with one attached hydrogen (secondary N) is 1. The van der Waals surface area contributed by atoms with Crippen LogP contribution in [0, 0.1) is 0 Å². The zero-order chi connectivity index (χ0) is 19.3. The second-order valence-electron chi connectivity index (χ2n) is 6.28. The Labute approximate surface area is 154 Å². The van der Waals surface area contributed by atoms with Gasteiger partial charge in [-0.05, 0) is 43.2 Å². The van der Waals surface area contributed by atoms with E-state index in [-0.39, 0.29) is 11.9 Å². The Morgan fingerprint density at radius 1 is 1.22 bits per heavy atom. The third-order valence-corrected chi connectivity index (χ3v) is 4.26. The number of piperidine rings is 1. The Morgan fingerprint density at radius 3 is 2.74 bits per heavy atom. The first-order valence-electron chi connectivity index (χ1n) is 8.59. The van der Waals surface area contributed by atoms with Gasteiger partial charge in [0, 0.05) is 37.6 Å². The largest absolute Gasteiger partial charge is 0.417 e. The van der Waals surface area contributed by atoms with E-state index in [4.69, 9.17) is 0 Å². The molecule has 1 aliphatic rings. The molecule has 0 saturated carbocycles. The SMILES string of the molecule is O=C(/C=C/c1ccccn1)NC1CCCN(c2ccc(C(F)(F)F)cn2)C1. The molecule has 1 N–H and O–H groups in total. The average molecular weight is 376 g/mol. The highest BCUT2D eigenvalue weighted by atomic mass is 19.4. The molecule has 5 nitrogen and oxygen atoms in total. The molecule has 8 heteroatoms. The molecule has 1 unspecified atom stereocenters. The second-order valence-corrected chi connectivity index (χ2v) is 6.28. The predicted octanol–water partition coefficient (Wildman–Crippen LogP) is 3.29. The lowest BCUT2D eigenvalue weighted by molar-refractivity contribution is -0.137. The van der Waals surface area contributed by atoms with Crippen molar-refractivity contribution in [1.29, 1.82) is 0 Å². The molecule has 0 radical (unpaired) electrons. The van der Waals surface area contributed by atoms with Crippen molar-refractivity contribution in [2.75, 3.05) is 18.0 Å². The van der Waals surface area contributed by atoms with Crippen LogP contribution in [0.3, 0.4) is 0 Å². The molecule has 3 rings (SSSR count). The minimum absolute atomic E-state index is 0.0938. The molecular weight excluding hydrogens is 357 g/mol. The van der Waals surface area contributed by atoms with Gasteiger partial charge in [-0.1, -0.05) is 6.07 Å². The van der Waals surface area contributed by atoms with Crippen LogP contribution >= 0.6 is 0 Å². The van der Waals surface area contributed by atoms with Crippen molar-refractivity contribution in [1.82, 2.24) is 15.3 Å². The first-order chi connectivity index (χ1) is 12.9. The smallest absolute Gasteiger partial charge is 0.355 e. The number of alkyl halides is 3. The van der Waals surface area contributed by atoms with Crippen molar-refractivity contribution < 1.29 is 18.0 Å². The number of hydrogen-bond acceptors (Lipinski definition) is 4. The summed E-state index contributed by atoms with van der Waals surface area (Å²) < 4.78 is 38.0. The Balaban J connectivity index is 1.57. The molecule has 2 aromatic heterocycles. The third-order valence-electron chi connectivity index (χ3n) is 4.26. The lowest BCUT2D eigenvalue weighted by Crippen LogP contribution is -2.47. The van der Waals surface area contributed by atoms with Crippen LogP contribution in [-0.2, 0) is 11.0 Å². The van der Waals surface area contributed by atoms with E-state index in [0.29, 0.717) is 24.6 Å². The molecular formula is C19H19F3N4O. The van der Waals surface area contributed by atoms with Gasteiger partial charge < -0.3 is 10.2 Å². The van der Waals surface area contributed by atoms with Crippen molar-refractivity contribution in [2.24, 2.45) is 0 Å². The molecule has 1 atom stereocenters. The van der Waals surface area contributed by atoms with Gasteiger partial charge in [0.1, 0.15) is 5.82 Å². The van der Waals surface area contributed by atoms with Crippen LogP contribution in [0.15, 0.2) is 48.8 Å². The van der Waals surface area contributed by atoms with E-state index in [2.05, 4.69) is 15.3 Å². The van der Waals surface area contributed by atoms with Gasteiger partial charge in [-0.25, -0.2) is 4.98 Å². The third kappa shape index (κ3) is 5.29. The fraction of sp³-hybridized carbons (Fsp3) is 0.316. The average Bonchev–Trinajstić information content (AvgIpc) is 2.67. The number of halogens is 3. The monoisotopic (exact) mass is 376 g/mol. The topological polar surface area (TPSA) is 58.1 Å². The molecule has 1 amide bonds. The molecule has 1 aliphatic heterocycles. The number of nitrogens with zero attached hydrogens (tertiary/aromatic N) is 3. The molecule has 1 fully saturated rings. The quantitative estimate of drug-likeness (QED) is 0.832. The zero-order valence-corrected chi connectivity index (χ0v) is 14.5. The summed E-state index contributed by atoms with van der Waals surface area (Å²) in [4.78, 5) is 22.0. The lowest BCUT2D eigenvalue weighted by Gasteiger charge is -2.33. The molecule has 0 aliphatic carbocycles. The Bertz CT molecular complexity index is 791. The number of carbonyl (C=O) groups excluding carboxylic acids is 1. The van der Waals surface area contributed by atoms with E-state index < -0.39 is 11.7 Å². The van der Waals surface area contributed by atoms with Gasteiger partial charge in [-0.3, -0.25) is 9.78 Å². The summed E-state index contributed by atoms with van der Waals surface area (Å²) in [7, 11) is 0. The summed E-state index contributed by atoms with van der Waals surface area (Å²) in [6.07, 6.45) is 2.77. The number of rotatable bonds is 4. The second kappa shape index (κ2) is 8.20. The van der Waals surface area contributed by atoms with E-state index in [1.807, 2.05) is 11.0 Å². The molecule has 1 saturated heterocycles. The highest BCUT2D eigenvalue weighted by Gasteiger charge is 2.31. The fourth-order valence-corrected chi connectivity index (χ4v) is 2.93. The maximum absolute atomic E-state index is 12.7. The van der Waals surface area contributed by atoms with Crippen LogP contribution in [0.25, 0.3) is 6.08 Å². The molecule has 2 aromatic rings. The number of carbonyl (C=O) groups is 1. The predicted molar refractivity (Wildman–Crippen MR) is 95.9 cm³/mol. The molecule has 0 aromatic carbocycles. The molecule has 3 heterocycles. The molecule has 0 spiro atoms. The maximum atomic E-state index is 12.7. The van der Waals surface area contributed by atoms with Gasteiger partial charge in [-0.2, -0.15) is 13.2 Å². The van der Waals surface area contributed by atoms with Crippen molar-refractivity contribution in [3.8, 4) is 0 Å². The fourth-order valence-electron chi connectivity index (χ4n) is 2.93. The highest BCUT2D eigenvalue weighted by molar-refractivity contribution is 5.91. The Hall–Kier alpha value is -2.90. The van der Waals surface area contributed by atoms with Crippen LogP contribution < -0.4 is 10.2 Å². The van der Waals surface area contributed by atoms with Gasteiger partial charge in [0.15, 0.2) is 0 Å². The Morgan fingerprint density at radius 2 is 2.07 bits per heavy atom. The number of hydrogen-bond donors (Lipinski definition) is 1. The van der Waals surface area contributed by atoms with Crippen LogP contribution in [0.4, 0.5) is 19.0 Å². The summed E-state index contributed by atoms with van der Waals surface area (Å²) in [6.45, 7) is 1.19. The number of amides is 1. The van der Waals surface area contributed by atoms with Crippen LogP contribution in [0.2, 0.25) is 0 Å². The van der Waals surface area contributed by atoms with Gasteiger partial charge in [0.05, 0.1) is 11.3 Å². The molecule has 0 bridgehead atoms. The van der Waals surface area contributed by atoms with Crippen LogP contribution in [0.5, 0.6) is 0 Å². The summed E-state index contributed by atoms with van der Waals surface area (Å²) in [6, 6.07) is 7.73. The van der Waals surface area contributed by atoms with Crippen molar-refractivity contribution in [3.63, 3.8) is 0 Å². The van der Waals surface area contributed by atoms with Gasteiger partial charge in [-0.15, -0.1) is 0 Å². The van der Waals surface area contributed by atoms with Crippen molar-refractivity contribution in [2.45, 2.75) is 25.1 Å².